The van der Waals surface area contributed by atoms with E-state index < -0.39 is 41.6 Å². The summed E-state index contributed by atoms with van der Waals surface area (Å²) >= 11 is -2.60. The summed E-state index contributed by atoms with van der Waals surface area (Å²) in [6.45, 7) is 3.67. The number of amides is 2. The highest BCUT2D eigenvalue weighted by Gasteiger charge is 2.40. The molecule has 2 heterocycles. The molecule has 1 N–H and O–H groups in total. The Bertz CT molecular complexity index is 1400. The molecule has 2 fully saturated rings. The van der Waals surface area contributed by atoms with E-state index in [4.69, 9.17) is 13.7 Å². The summed E-state index contributed by atoms with van der Waals surface area (Å²) in [4.78, 5) is 29.9. The van der Waals surface area contributed by atoms with Crippen LogP contribution in [0.1, 0.15) is 22.8 Å². The average molecular weight is 584 g/mol. The minimum Gasteiger partial charge on any atom is -0.445 e. The molecular weight excluding hydrogens is 553 g/mol. The van der Waals surface area contributed by atoms with Crippen molar-refractivity contribution in [1.82, 2.24) is 4.90 Å². The first-order valence-corrected chi connectivity index (χ1v) is 14.1. The van der Waals surface area contributed by atoms with Gasteiger partial charge in [-0.25, -0.2) is 14.0 Å². The third kappa shape index (κ3) is 6.84. The largest absolute Gasteiger partial charge is 0.445 e. The molecule has 41 heavy (non-hydrogen) atoms. The van der Waals surface area contributed by atoms with Crippen LogP contribution < -0.4 is 9.80 Å². The van der Waals surface area contributed by atoms with Crippen LogP contribution in [0, 0.1) is 12.7 Å². The second-order valence-corrected chi connectivity index (χ2v) is 10.5. The molecule has 12 heteroatoms. The number of cyclic esters (lactones) is 1. The lowest BCUT2D eigenvalue weighted by Crippen LogP contribution is -2.49. The molecular formula is C29H30FN3O7S. The predicted octanol–water partition coefficient (Wildman–Crippen LogP) is 4.81. The first-order valence-electron chi connectivity index (χ1n) is 13.1. The number of ether oxygens (including phenoxy) is 2. The zero-order valence-corrected chi connectivity index (χ0v) is 23.2. The van der Waals surface area contributed by atoms with Gasteiger partial charge in [0.25, 0.3) is 0 Å². The quantitative estimate of drug-likeness (QED) is 0.377. The van der Waals surface area contributed by atoms with Gasteiger partial charge in [0.1, 0.15) is 18.5 Å². The SMILES string of the molecule is Cc1ccc(C(OS(=O)O)C2CN(c3ccc(N4CCN(C(=O)OCc5ccccc5)CC4)c(F)c3)C(=O)O2)cc1. The molecule has 2 aliphatic heterocycles. The first kappa shape index (κ1) is 28.5. The smallest absolute Gasteiger partial charge is 0.414 e. The van der Waals surface area contributed by atoms with Gasteiger partial charge in [0.15, 0.2) is 6.10 Å². The van der Waals surface area contributed by atoms with E-state index in [1.165, 1.54) is 11.0 Å². The second-order valence-electron chi connectivity index (χ2n) is 9.83. The van der Waals surface area contributed by atoms with E-state index in [0.29, 0.717) is 37.4 Å². The first-order chi connectivity index (χ1) is 19.8. The number of hydrogen-bond donors (Lipinski definition) is 1. The summed E-state index contributed by atoms with van der Waals surface area (Å²) in [5.41, 5.74) is 3.10. The molecule has 216 valence electrons. The number of nitrogens with zero attached hydrogens (tertiary/aromatic N) is 3. The Morgan fingerprint density at radius 1 is 1.07 bits per heavy atom. The molecule has 2 aliphatic rings. The van der Waals surface area contributed by atoms with Gasteiger partial charge < -0.3 is 19.3 Å². The van der Waals surface area contributed by atoms with Crippen molar-refractivity contribution < 1.29 is 36.4 Å². The van der Waals surface area contributed by atoms with Crippen LogP contribution in [-0.4, -0.2) is 64.7 Å². The lowest BCUT2D eigenvalue weighted by Gasteiger charge is -2.35. The van der Waals surface area contributed by atoms with Gasteiger partial charge in [0, 0.05) is 26.2 Å². The maximum Gasteiger partial charge on any atom is 0.414 e. The van der Waals surface area contributed by atoms with Crippen molar-refractivity contribution in [3.63, 3.8) is 0 Å². The number of halogens is 1. The van der Waals surface area contributed by atoms with Crippen LogP contribution in [0.4, 0.5) is 25.4 Å². The zero-order chi connectivity index (χ0) is 28.9. The van der Waals surface area contributed by atoms with Crippen LogP contribution in [0.15, 0.2) is 72.8 Å². The average Bonchev–Trinajstić information content (AvgIpc) is 3.37. The van der Waals surface area contributed by atoms with Gasteiger partial charge in [-0.05, 0) is 36.2 Å². The molecule has 10 nitrogen and oxygen atoms in total. The number of hydrogen-bond acceptors (Lipinski definition) is 7. The Kier molecular flexibility index (Phi) is 8.81. The van der Waals surface area contributed by atoms with Crippen LogP contribution in [0.5, 0.6) is 0 Å². The molecule has 0 spiro atoms. The summed E-state index contributed by atoms with van der Waals surface area (Å²) in [6, 6.07) is 21.0. The standard InChI is InChI=1S/C29H30FN3O7S/c1-20-7-9-22(10-8-20)27(40-41(36)37)26-18-33(29(35)39-26)23-11-12-25(24(30)17-23)31-13-15-32(16-14-31)28(34)38-19-21-5-3-2-4-6-21/h2-12,17,26-27H,13-16,18-19H2,1H3,(H,36,37). The van der Waals surface area contributed by atoms with E-state index in [0.717, 1.165) is 11.1 Å². The molecule has 2 amide bonds. The molecule has 3 unspecified atom stereocenters. The Labute approximate surface area is 239 Å². The molecule has 0 aromatic heterocycles. The monoisotopic (exact) mass is 583 g/mol. The number of anilines is 2. The number of benzene rings is 3. The van der Waals surface area contributed by atoms with Crippen LogP contribution in [0.25, 0.3) is 0 Å². The molecule has 0 aliphatic carbocycles. The predicted molar refractivity (Wildman–Crippen MR) is 150 cm³/mol. The number of rotatable bonds is 8. The highest BCUT2D eigenvalue weighted by Crippen LogP contribution is 2.33. The molecule has 3 aromatic rings. The van der Waals surface area contributed by atoms with Gasteiger partial charge in [-0.3, -0.25) is 13.6 Å². The van der Waals surface area contributed by atoms with Gasteiger partial charge in [0.2, 0.25) is 0 Å². The number of aryl methyl sites for hydroxylation is 1. The Morgan fingerprint density at radius 2 is 1.78 bits per heavy atom. The fourth-order valence-electron chi connectivity index (χ4n) is 4.89. The summed E-state index contributed by atoms with van der Waals surface area (Å²) in [6.07, 6.45) is -3.01. The van der Waals surface area contributed by atoms with Gasteiger partial charge in [-0.15, -0.1) is 0 Å². The number of carbonyl (C=O) groups is 2. The summed E-state index contributed by atoms with van der Waals surface area (Å²) in [5.74, 6) is -0.526. The van der Waals surface area contributed by atoms with E-state index in [-0.39, 0.29) is 18.8 Å². The molecule has 3 atom stereocenters. The van der Waals surface area contributed by atoms with Crippen LogP contribution in [0.2, 0.25) is 0 Å². The lowest BCUT2D eigenvalue weighted by molar-refractivity contribution is 0.0499. The van der Waals surface area contributed by atoms with E-state index in [9.17, 15) is 18.4 Å². The molecule has 0 radical (unpaired) electrons. The fourth-order valence-corrected chi connectivity index (χ4v) is 5.30. The van der Waals surface area contributed by atoms with Crippen molar-refractivity contribution in [3.8, 4) is 0 Å². The summed E-state index contributed by atoms with van der Waals surface area (Å²) in [7, 11) is 0. The fraction of sp³-hybridized carbons (Fsp3) is 0.310. The van der Waals surface area contributed by atoms with Gasteiger partial charge >= 0.3 is 23.5 Å². The van der Waals surface area contributed by atoms with E-state index in [1.54, 1.807) is 29.2 Å². The third-order valence-electron chi connectivity index (χ3n) is 7.09. The van der Waals surface area contributed by atoms with Crippen LogP contribution in [-0.2, 0) is 31.6 Å². The zero-order valence-electron chi connectivity index (χ0n) is 22.4. The van der Waals surface area contributed by atoms with Gasteiger partial charge in [0.05, 0.1) is 17.9 Å². The van der Waals surface area contributed by atoms with Crippen molar-refractivity contribution in [3.05, 3.63) is 95.3 Å². The maximum absolute atomic E-state index is 15.3. The van der Waals surface area contributed by atoms with Crippen LogP contribution >= 0.6 is 0 Å². The minimum absolute atomic E-state index is 0.00285. The summed E-state index contributed by atoms with van der Waals surface area (Å²) in [5, 5.41) is 0. The third-order valence-corrected chi connectivity index (χ3v) is 7.46. The number of piperazine rings is 1. The Hall–Kier alpha value is -4.00. The Balaban J connectivity index is 1.20. The lowest BCUT2D eigenvalue weighted by atomic mass is 10.0. The normalized spacial score (nSPS) is 18.7. The molecule has 2 saturated heterocycles. The van der Waals surface area contributed by atoms with Crippen molar-refractivity contribution in [2.24, 2.45) is 0 Å². The van der Waals surface area contributed by atoms with Crippen molar-refractivity contribution in [2.75, 3.05) is 42.5 Å². The topological polar surface area (TPSA) is 109 Å². The highest BCUT2D eigenvalue weighted by atomic mass is 32.2. The summed E-state index contributed by atoms with van der Waals surface area (Å²) < 4.78 is 52.2. The van der Waals surface area contributed by atoms with Crippen LogP contribution in [0.3, 0.4) is 0 Å². The molecule has 5 rings (SSSR count). The van der Waals surface area contributed by atoms with E-state index >= 15 is 4.39 Å². The minimum atomic E-state index is -2.60. The molecule has 0 bridgehead atoms. The number of carbonyl (C=O) groups excluding carboxylic acids is 2. The van der Waals surface area contributed by atoms with E-state index in [1.807, 2.05) is 54.3 Å². The van der Waals surface area contributed by atoms with Gasteiger partial charge in [-0.1, -0.05) is 60.2 Å². The molecule has 0 saturated carbocycles. The highest BCUT2D eigenvalue weighted by molar-refractivity contribution is 7.74. The second kappa shape index (κ2) is 12.7. The van der Waals surface area contributed by atoms with Crippen molar-refractivity contribution in [2.45, 2.75) is 25.7 Å². The maximum atomic E-state index is 15.3. The van der Waals surface area contributed by atoms with Crippen molar-refractivity contribution in [1.29, 1.82) is 0 Å². The Morgan fingerprint density at radius 3 is 2.44 bits per heavy atom. The van der Waals surface area contributed by atoms with Crippen molar-refractivity contribution >= 4 is 34.9 Å². The van der Waals surface area contributed by atoms with E-state index in [2.05, 4.69) is 0 Å². The van der Waals surface area contributed by atoms with Gasteiger partial charge in [-0.2, -0.15) is 4.21 Å². The molecule has 3 aromatic carbocycles.